The molecule has 1 amide bonds. The first-order valence-corrected chi connectivity index (χ1v) is 9.22. The summed E-state index contributed by atoms with van der Waals surface area (Å²) in [6.45, 7) is 0. The fourth-order valence-electron chi connectivity index (χ4n) is 3.01. The Kier molecular flexibility index (Phi) is 5.06. The maximum absolute atomic E-state index is 13.1. The number of hydrogen-bond donors (Lipinski definition) is 1. The molecule has 4 aromatic rings. The van der Waals surface area contributed by atoms with Crippen molar-refractivity contribution < 1.29 is 18.7 Å². The van der Waals surface area contributed by atoms with Crippen LogP contribution < -0.4 is 10.1 Å². The van der Waals surface area contributed by atoms with Gasteiger partial charge in [0.1, 0.15) is 11.3 Å². The van der Waals surface area contributed by atoms with Crippen LogP contribution in [0.3, 0.4) is 0 Å². The van der Waals surface area contributed by atoms with Gasteiger partial charge in [-0.25, -0.2) is 0 Å². The summed E-state index contributed by atoms with van der Waals surface area (Å²) in [6, 6.07) is 20.4. The molecule has 144 valence electrons. The predicted molar refractivity (Wildman–Crippen MR) is 112 cm³/mol. The van der Waals surface area contributed by atoms with Crippen LogP contribution in [0.5, 0.6) is 5.75 Å². The SMILES string of the molecule is COc1cccc(C(=O)Nc2c(C(=O)c3ccc(Cl)cc3)oc3ccccc23)c1. The number of rotatable bonds is 5. The normalized spacial score (nSPS) is 10.7. The molecule has 6 heteroatoms. The van der Waals surface area contributed by atoms with E-state index in [1.54, 1.807) is 66.7 Å². The third-order valence-electron chi connectivity index (χ3n) is 4.48. The van der Waals surface area contributed by atoms with Gasteiger partial charge in [-0.3, -0.25) is 9.59 Å². The molecule has 0 saturated heterocycles. The average Bonchev–Trinajstić information content (AvgIpc) is 3.12. The van der Waals surface area contributed by atoms with Crippen molar-refractivity contribution in [3.63, 3.8) is 0 Å². The molecular formula is C23H16ClNO4. The minimum Gasteiger partial charge on any atom is -0.497 e. The minimum absolute atomic E-state index is 0.0600. The summed E-state index contributed by atoms with van der Waals surface area (Å²) < 4.78 is 11.0. The first-order valence-electron chi connectivity index (χ1n) is 8.84. The van der Waals surface area contributed by atoms with Gasteiger partial charge in [-0.05, 0) is 54.6 Å². The van der Waals surface area contributed by atoms with Crippen LogP contribution in [-0.4, -0.2) is 18.8 Å². The van der Waals surface area contributed by atoms with E-state index < -0.39 is 0 Å². The summed E-state index contributed by atoms with van der Waals surface area (Å²) in [6.07, 6.45) is 0. The van der Waals surface area contributed by atoms with Gasteiger partial charge < -0.3 is 14.5 Å². The summed E-state index contributed by atoms with van der Waals surface area (Å²) in [5, 5.41) is 3.99. The van der Waals surface area contributed by atoms with Crippen molar-refractivity contribution in [1.82, 2.24) is 0 Å². The number of methoxy groups -OCH3 is 1. The lowest BCUT2D eigenvalue weighted by atomic mass is 10.1. The Hall–Kier alpha value is -3.57. The van der Waals surface area contributed by atoms with E-state index in [4.69, 9.17) is 20.8 Å². The summed E-state index contributed by atoms with van der Waals surface area (Å²) in [5.41, 5.74) is 1.64. The summed E-state index contributed by atoms with van der Waals surface area (Å²) in [4.78, 5) is 25.9. The molecular weight excluding hydrogens is 390 g/mol. The molecule has 0 unspecified atom stereocenters. The van der Waals surface area contributed by atoms with Gasteiger partial charge in [-0.1, -0.05) is 29.8 Å². The van der Waals surface area contributed by atoms with Crippen LogP contribution in [-0.2, 0) is 0 Å². The Morgan fingerprint density at radius 3 is 2.45 bits per heavy atom. The Labute approximate surface area is 171 Å². The maximum atomic E-state index is 13.1. The molecule has 0 aliphatic carbocycles. The number of furan rings is 1. The fraction of sp³-hybridized carbons (Fsp3) is 0.0435. The van der Waals surface area contributed by atoms with Crippen molar-refractivity contribution in [2.75, 3.05) is 12.4 Å². The van der Waals surface area contributed by atoms with Crippen LogP contribution >= 0.6 is 11.6 Å². The Morgan fingerprint density at radius 2 is 1.69 bits per heavy atom. The highest BCUT2D eigenvalue weighted by atomic mass is 35.5. The maximum Gasteiger partial charge on any atom is 0.255 e. The number of para-hydroxylation sites is 1. The summed E-state index contributed by atoms with van der Waals surface area (Å²) >= 11 is 5.92. The zero-order valence-electron chi connectivity index (χ0n) is 15.4. The van der Waals surface area contributed by atoms with E-state index in [0.717, 1.165) is 0 Å². The van der Waals surface area contributed by atoms with Gasteiger partial charge in [0.15, 0.2) is 5.76 Å². The van der Waals surface area contributed by atoms with Crippen molar-refractivity contribution >= 4 is 39.9 Å². The van der Waals surface area contributed by atoms with Crippen molar-refractivity contribution in [3.8, 4) is 5.75 Å². The number of carbonyl (C=O) groups excluding carboxylic acids is 2. The number of carbonyl (C=O) groups is 2. The van der Waals surface area contributed by atoms with Crippen LogP contribution in [0.4, 0.5) is 5.69 Å². The highest BCUT2D eigenvalue weighted by Crippen LogP contribution is 2.33. The molecule has 0 spiro atoms. The zero-order chi connectivity index (χ0) is 20.4. The summed E-state index contributed by atoms with van der Waals surface area (Å²) in [5.74, 6) is -0.101. The van der Waals surface area contributed by atoms with Gasteiger partial charge in [-0.15, -0.1) is 0 Å². The number of benzene rings is 3. The third-order valence-corrected chi connectivity index (χ3v) is 4.73. The average molecular weight is 406 g/mol. The second kappa shape index (κ2) is 7.81. The first-order chi connectivity index (χ1) is 14.1. The van der Waals surface area contributed by atoms with E-state index in [0.29, 0.717) is 38.6 Å². The lowest BCUT2D eigenvalue weighted by Crippen LogP contribution is -2.14. The van der Waals surface area contributed by atoms with Crippen molar-refractivity contribution in [3.05, 3.63) is 94.7 Å². The molecule has 29 heavy (non-hydrogen) atoms. The smallest absolute Gasteiger partial charge is 0.255 e. The monoisotopic (exact) mass is 405 g/mol. The first kappa shape index (κ1) is 18.8. The van der Waals surface area contributed by atoms with Crippen LogP contribution in [0, 0.1) is 0 Å². The second-order valence-electron chi connectivity index (χ2n) is 6.32. The Morgan fingerprint density at radius 1 is 0.931 bits per heavy atom. The van der Waals surface area contributed by atoms with E-state index in [2.05, 4.69) is 5.32 Å². The topological polar surface area (TPSA) is 68.5 Å². The quantitative estimate of drug-likeness (QED) is 0.440. The largest absolute Gasteiger partial charge is 0.497 e. The van der Waals surface area contributed by atoms with Gasteiger partial charge in [-0.2, -0.15) is 0 Å². The van der Waals surface area contributed by atoms with E-state index in [9.17, 15) is 9.59 Å². The second-order valence-corrected chi connectivity index (χ2v) is 6.76. The number of anilines is 1. The molecule has 4 rings (SSSR count). The van der Waals surface area contributed by atoms with Gasteiger partial charge in [0, 0.05) is 21.5 Å². The lowest BCUT2D eigenvalue weighted by Gasteiger charge is -2.07. The third kappa shape index (κ3) is 3.73. The standard InChI is InChI=1S/C23H16ClNO4/c1-28-17-6-4-5-15(13-17)23(27)25-20-18-7-2-3-8-19(18)29-22(20)21(26)14-9-11-16(24)12-10-14/h2-13H,1H3,(H,25,27). The van der Waals surface area contributed by atoms with Crippen LogP contribution in [0.1, 0.15) is 26.5 Å². The molecule has 3 aromatic carbocycles. The van der Waals surface area contributed by atoms with Crippen LogP contribution in [0.15, 0.2) is 77.2 Å². The number of halogens is 1. The minimum atomic E-state index is -0.374. The molecule has 0 saturated carbocycles. The molecule has 1 N–H and O–H groups in total. The van der Waals surface area contributed by atoms with Crippen molar-refractivity contribution in [1.29, 1.82) is 0 Å². The number of ether oxygens (including phenoxy) is 1. The van der Waals surface area contributed by atoms with Gasteiger partial charge >= 0.3 is 0 Å². The van der Waals surface area contributed by atoms with Gasteiger partial charge in [0.05, 0.1) is 12.8 Å². The molecule has 0 aliphatic rings. The molecule has 1 heterocycles. The molecule has 0 aliphatic heterocycles. The van der Waals surface area contributed by atoms with Crippen LogP contribution in [0.2, 0.25) is 5.02 Å². The zero-order valence-corrected chi connectivity index (χ0v) is 16.2. The van der Waals surface area contributed by atoms with E-state index >= 15 is 0 Å². The fourth-order valence-corrected chi connectivity index (χ4v) is 3.14. The Bertz CT molecular complexity index is 1210. The Balaban J connectivity index is 1.76. The number of nitrogens with one attached hydrogen (secondary N) is 1. The predicted octanol–water partition coefficient (Wildman–Crippen LogP) is 5.58. The van der Waals surface area contributed by atoms with E-state index in [1.807, 2.05) is 6.07 Å². The molecule has 5 nitrogen and oxygen atoms in total. The number of amides is 1. The van der Waals surface area contributed by atoms with E-state index in [1.165, 1.54) is 7.11 Å². The lowest BCUT2D eigenvalue weighted by molar-refractivity contribution is 0.101. The van der Waals surface area contributed by atoms with Crippen LogP contribution in [0.25, 0.3) is 11.0 Å². The van der Waals surface area contributed by atoms with Crippen molar-refractivity contribution in [2.45, 2.75) is 0 Å². The van der Waals surface area contributed by atoms with Gasteiger partial charge in [0.25, 0.3) is 5.91 Å². The highest BCUT2D eigenvalue weighted by molar-refractivity contribution is 6.30. The molecule has 0 radical (unpaired) electrons. The van der Waals surface area contributed by atoms with Crippen molar-refractivity contribution in [2.24, 2.45) is 0 Å². The summed E-state index contributed by atoms with van der Waals surface area (Å²) in [7, 11) is 1.53. The molecule has 1 aromatic heterocycles. The number of fused-ring (bicyclic) bond motifs is 1. The van der Waals surface area contributed by atoms with Gasteiger partial charge in [0.2, 0.25) is 5.78 Å². The number of ketones is 1. The molecule has 0 fully saturated rings. The van der Waals surface area contributed by atoms with E-state index in [-0.39, 0.29) is 17.5 Å². The molecule has 0 atom stereocenters. The number of hydrogen-bond acceptors (Lipinski definition) is 4. The highest BCUT2D eigenvalue weighted by Gasteiger charge is 2.23. The molecule has 0 bridgehead atoms.